The van der Waals surface area contributed by atoms with Gasteiger partial charge in [-0.2, -0.15) is 0 Å². The maximum Gasteiger partial charge on any atom is -0.0440 e. The predicted octanol–water partition coefficient (Wildman–Crippen LogP) is 6.26. The summed E-state index contributed by atoms with van der Waals surface area (Å²) >= 11 is 0. The molecular formula is C17H35. The lowest BCUT2D eigenvalue weighted by molar-refractivity contribution is 0.342. The summed E-state index contributed by atoms with van der Waals surface area (Å²) in [5.41, 5.74) is 0. The molecule has 0 aromatic heterocycles. The first-order chi connectivity index (χ1) is 8.10. The van der Waals surface area contributed by atoms with E-state index in [0.29, 0.717) is 0 Å². The van der Waals surface area contributed by atoms with Crippen LogP contribution in [0.1, 0.15) is 85.5 Å². The van der Waals surface area contributed by atoms with Crippen LogP contribution < -0.4 is 0 Å². The van der Waals surface area contributed by atoms with Crippen molar-refractivity contribution in [2.75, 3.05) is 0 Å². The van der Waals surface area contributed by atoms with Gasteiger partial charge in [0.1, 0.15) is 0 Å². The number of rotatable bonds is 11. The molecule has 0 aromatic carbocycles. The van der Waals surface area contributed by atoms with Crippen LogP contribution in [0.25, 0.3) is 0 Å². The molecule has 0 bridgehead atoms. The van der Waals surface area contributed by atoms with E-state index < -0.39 is 0 Å². The van der Waals surface area contributed by atoms with E-state index in [-0.39, 0.29) is 0 Å². The summed E-state index contributed by atoms with van der Waals surface area (Å²) in [6.45, 7) is 13.5. The van der Waals surface area contributed by atoms with E-state index in [9.17, 15) is 0 Å². The average molecular weight is 239 g/mol. The molecular weight excluding hydrogens is 204 g/mol. The summed E-state index contributed by atoms with van der Waals surface area (Å²) in [6.07, 6.45) is 12.4. The lowest BCUT2D eigenvalue weighted by Gasteiger charge is -2.18. The minimum Gasteiger partial charge on any atom is -0.0654 e. The van der Waals surface area contributed by atoms with E-state index in [1.54, 1.807) is 0 Å². The van der Waals surface area contributed by atoms with Gasteiger partial charge in [0.2, 0.25) is 0 Å². The molecule has 0 spiro atoms. The smallest absolute Gasteiger partial charge is 0.0440 e. The van der Waals surface area contributed by atoms with Gasteiger partial charge in [-0.05, 0) is 24.2 Å². The van der Waals surface area contributed by atoms with E-state index in [2.05, 4.69) is 34.6 Å². The molecule has 3 unspecified atom stereocenters. The molecule has 0 aliphatic carbocycles. The van der Waals surface area contributed by atoms with Gasteiger partial charge in [-0.3, -0.25) is 0 Å². The molecule has 0 heterocycles. The topological polar surface area (TPSA) is 0 Å². The third-order valence-electron chi connectivity index (χ3n) is 4.00. The summed E-state index contributed by atoms with van der Waals surface area (Å²) < 4.78 is 0. The molecule has 0 saturated carbocycles. The van der Waals surface area contributed by atoms with E-state index in [1.165, 1.54) is 51.4 Å². The SMILES string of the molecule is [CH2]CC(C)CCC(C)CC(C)CCCCCC. The highest BCUT2D eigenvalue weighted by Gasteiger charge is 2.10. The molecule has 0 amide bonds. The van der Waals surface area contributed by atoms with Crippen LogP contribution in [0.2, 0.25) is 0 Å². The first-order valence-corrected chi connectivity index (χ1v) is 7.89. The maximum absolute atomic E-state index is 3.98. The highest BCUT2D eigenvalue weighted by molar-refractivity contribution is 4.63. The monoisotopic (exact) mass is 239 g/mol. The second-order valence-corrected chi connectivity index (χ2v) is 6.27. The molecule has 103 valence electrons. The lowest BCUT2D eigenvalue weighted by atomic mass is 9.88. The highest BCUT2D eigenvalue weighted by atomic mass is 14.2. The Morgan fingerprint density at radius 3 is 1.94 bits per heavy atom. The highest BCUT2D eigenvalue weighted by Crippen LogP contribution is 2.23. The van der Waals surface area contributed by atoms with E-state index in [0.717, 1.165) is 24.2 Å². The quantitative estimate of drug-likeness (QED) is 0.373. The van der Waals surface area contributed by atoms with Gasteiger partial charge in [0.25, 0.3) is 0 Å². The third-order valence-corrected chi connectivity index (χ3v) is 4.00. The zero-order valence-electron chi connectivity index (χ0n) is 12.8. The molecule has 0 rings (SSSR count). The fourth-order valence-corrected chi connectivity index (χ4v) is 2.56. The molecule has 0 fully saturated rings. The van der Waals surface area contributed by atoms with Gasteiger partial charge in [-0.1, -0.05) is 86.0 Å². The standard InChI is InChI=1S/C17H35/c1-6-8-9-10-11-16(4)14-17(5)13-12-15(3)7-2/h15-17H,2,6-14H2,1,3-5H3. The van der Waals surface area contributed by atoms with Gasteiger partial charge in [-0.15, -0.1) is 0 Å². The molecule has 0 aliphatic rings. The Morgan fingerprint density at radius 1 is 0.765 bits per heavy atom. The van der Waals surface area contributed by atoms with Crippen molar-refractivity contribution in [1.29, 1.82) is 0 Å². The van der Waals surface area contributed by atoms with E-state index in [1.807, 2.05) is 0 Å². The summed E-state index contributed by atoms with van der Waals surface area (Å²) in [7, 11) is 0. The lowest BCUT2D eigenvalue weighted by Crippen LogP contribution is -2.05. The maximum atomic E-state index is 3.98. The summed E-state index contributed by atoms with van der Waals surface area (Å²) in [4.78, 5) is 0. The Morgan fingerprint density at radius 2 is 1.35 bits per heavy atom. The van der Waals surface area contributed by atoms with Crippen LogP contribution in [0.15, 0.2) is 0 Å². The van der Waals surface area contributed by atoms with Gasteiger partial charge < -0.3 is 0 Å². The second kappa shape index (κ2) is 11.1. The van der Waals surface area contributed by atoms with Crippen molar-refractivity contribution in [2.45, 2.75) is 85.5 Å². The first-order valence-electron chi connectivity index (χ1n) is 7.89. The van der Waals surface area contributed by atoms with E-state index >= 15 is 0 Å². The molecule has 0 heteroatoms. The molecule has 3 atom stereocenters. The van der Waals surface area contributed by atoms with Crippen molar-refractivity contribution >= 4 is 0 Å². The van der Waals surface area contributed by atoms with Crippen molar-refractivity contribution in [3.63, 3.8) is 0 Å². The normalized spacial score (nSPS) is 16.8. The second-order valence-electron chi connectivity index (χ2n) is 6.27. The summed E-state index contributed by atoms with van der Waals surface area (Å²) in [6, 6.07) is 0. The fraction of sp³-hybridized carbons (Fsp3) is 0.941. The summed E-state index contributed by atoms with van der Waals surface area (Å²) in [5.74, 6) is 2.65. The number of hydrogen-bond acceptors (Lipinski definition) is 0. The van der Waals surface area contributed by atoms with Gasteiger partial charge in [0.05, 0.1) is 0 Å². The van der Waals surface area contributed by atoms with Crippen molar-refractivity contribution in [3.05, 3.63) is 6.92 Å². The fourth-order valence-electron chi connectivity index (χ4n) is 2.56. The minimum atomic E-state index is 0.817. The van der Waals surface area contributed by atoms with Crippen molar-refractivity contribution in [3.8, 4) is 0 Å². The largest absolute Gasteiger partial charge is 0.0654 e. The average Bonchev–Trinajstić information content (AvgIpc) is 2.31. The first kappa shape index (κ1) is 17.0. The summed E-state index contributed by atoms with van der Waals surface area (Å²) in [5, 5.41) is 0. The van der Waals surface area contributed by atoms with Crippen molar-refractivity contribution in [1.82, 2.24) is 0 Å². The number of unbranched alkanes of at least 4 members (excludes halogenated alkanes) is 3. The Labute approximate surface area is 111 Å². The van der Waals surface area contributed by atoms with Gasteiger partial charge in [0.15, 0.2) is 0 Å². The van der Waals surface area contributed by atoms with Crippen LogP contribution in [0, 0.1) is 24.7 Å². The number of hydrogen-bond donors (Lipinski definition) is 0. The Kier molecular flexibility index (Phi) is 11.1. The van der Waals surface area contributed by atoms with Crippen LogP contribution in [0.5, 0.6) is 0 Å². The van der Waals surface area contributed by atoms with E-state index in [4.69, 9.17) is 0 Å². The van der Waals surface area contributed by atoms with Crippen LogP contribution in [0.3, 0.4) is 0 Å². The predicted molar refractivity (Wildman–Crippen MR) is 80.1 cm³/mol. The molecule has 0 aliphatic heterocycles. The molecule has 1 radical (unpaired) electrons. The van der Waals surface area contributed by atoms with Crippen molar-refractivity contribution < 1.29 is 0 Å². The Balaban J connectivity index is 3.48. The Hall–Kier alpha value is 0. The molecule has 17 heavy (non-hydrogen) atoms. The van der Waals surface area contributed by atoms with Gasteiger partial charge in [0, 0.05) is 0 Å². The van der Waals surface area contributed by atoms with Crippen LogP contribution >= 0.6 is 0 Å². The minimum absolute atomic E-state index is 0.817. The Bertz CT molecular complexity index is 150. The van der Waals surface area contributed by atoms with Gasteiger partial charge >= 0.3 is 0 Å². The molecule has 0 nitrogen and oxygen atoms in total. The van der Waals surface area contributed by atoms with Gasteiger partial charge in [-0.25, -0.2) is 0 Å². The zero-order chi connectivity index (χ0) is 13.1. The van der Waals surface area contributed by atoms with Crippen LogP contribution in [-0.2, 0) is 0 Å². The third kappa shape index (κ3) is 10.9. The molecule has 0 saturated heterocycles. The zero-order valence-corrected chi connectivity index (χ0v) is 12.8. The molecule has 0 N–H and O–H groups in total. The van der Waals surface area contributed by atoms with Crippen molar-refractivity contribution in [2.24, 2.45) is 17.8 Å². The van der Waals surface area contributed by atoms with Crippen LogP contribution in [0.4, 0.5) is 0 Å². The molecule has 0 aromatic rings. The van der Waals surface area contributed by atoms with Crippen LogP contribution in [-0.4, -0.2) is 0 Å².